The van der Waals surface area contributed by atoms with Crippen LogP contribution in [0.15, 0.2) is 54.6 Å². The molecule has 4 nitrogen and oxygen atoms in total. The number of hydrogen-bond acceptors (Lipinski definition) is 3. The maximum absolute atomic E-state index is 12.8. The Labute approximate surface area is 141 Å². The molecule has 0 aliphatic rings. The Hall–Kier alpha value is -2.72. The third-order valence-electron chi connectivity index (χ3n) is 3.94. The molecule has 24 heavy (non-hydrogen) atoms. The third-order valence-corrected chi connectivity index (χ3v) is 3.94. The minimum absolute atomic E-state index is 0.196. The number of aromatic nitrogens is 1. The molecular weight excluding hydrogens is 300 g/mol. The van der Waals surface area contributed by atoms with Crippen molar-refractivity contribution in [3.63, 3.8) is 0 Å². The van der Waals surface area contributed by atoms with Crippen molar-refractivity contribution in [2.75, 3.05) is 6.54 Å². The molecule has 3 aromatic rings. The molecule has 3 rings (SSSR count). The van der Waals surface area contributed by atoms with Crippen molar-refractivity contribution in [3.05, 3.63) is 65.9 Å². The van der Waals surface area contributed by atoms with E-state index in [1.54, 1.807) is 0 Å². The molecule has 2 N–H and O–H groups in total. The maximum Gasteiger partial charge on any atom is 0.253 e. The summed E-state index contributed by atoms with van der Waals surface area (Å²) in [6.45, 7) is 2.31. The second-order valence-electron chi connectivity index (χ2n) is 5.61. The second kappa shape index (κ2) is 7.23. The summed E-state index contributed by atoms with van der Waals surface area (Å²) < 4.78 is 0. The van der Waals surface area contributed by atoms with Crippen LogP contribution in [0.2, 0.25) is 0 Å². The number of pyridine rings is 1. The van der Waals surface area contributed by atoms with E-state index < -0.39 is 0 Å². The van der Waals surface area contributed by atoms with Crippen LogP contribution in [-0.2, 0) is 6.61 Å². The monoisotopic (exact) mass is 320 g/mol. The van der Waals surface area contributed by atoms with Crippen molar-refractivity contribution >= 4 is 16.8 Å². The molecule has 1 amide bonds. The second-order valence-corrected chi connectivity index (χ2v) is 5.61. The molecule has 0 aliphatic heterocycles. The number of para-hydroxylation sites is 1. The lowest BCUT2D eigenvalue weighted by atomic mass is 9.93. The zero-order valence-electron chi connectivity index (χ0n) is 13.6. The lowest BCUT2D eigenvalue weighted by Crippen LogP contribution is -2.26. The summed E-state index contributed by atoms with van der Waals surface area (Å²) in [6.07, 6.45) is 0.849. The van der Waals surface area contributed by atoms with Crippen LogP contribution < -0.4 is 5.32 Å². The van der Waals surface area contributed by atoms with E-state index in [1.165, 1.54) is 0 Å². The average molecular weight is 320 g/mol. The fraction of sp³-hybridized carbons (Fsp3) is 0.200. The first-order valence-electron chi connectivity index (χ1n) is 8.12. The van der Waals surface area contributed by atoms with E-state index in [-0.39, 0.29) is 12.5 Å². The lowest BCUT2D eigenvalue weighted by molar-refractivity contribution is 0.0950. The number of rotatable bonds is 5. The van der Waals surface area contributed by atoms with Gasteiger partial charge in [0.25, 0.3) is 5.91 Å². The van der Waals surface area contributed by atoms with Crippen LogP contribution in [-0.4, -0.2) is 22.5 Å². The molecule has 0 saturated carbocycles. The molecule has 0 bridgehead atoms. The number of carbonyl (C=O) groups is 1. The Morgan fingerprint density at radius 3 is 2.50 bits per heavy atom. The highest BCUT2D eigenvalue weighted by atomic mass is 16.3. The SMILES string of the molecule is CCCNC(=O)c1c(CO)nc2ccccc2c1-c1ccccc1. The Morgan fingerprint density at radius 2 is 1.79 bits per heavy atom. The zero-order valence-corrected chi connectivity index (χ0v) is 13.6. The van der Waals surface area contributed by atoms with Gasteiger partial charge in [-0.2, -0.15) is 0 Å². The van der Waals surface area contributed by atoms with Gasteiger partial charge in [-0.1, -0.05) is 55.5 Å². The Morgan fingerprint density at radius 1 is 1.08 bits per heavy atom. The van der Waals surface area contributed by atoms with E-state index in [0.717, 1.165) is 28.5 Å². The van der Waals surface area contributed by atoms with Gasteiger partial charge in [0.15, 0.2) is 0 Å². The van der Waals surface area contributed by atoms with Crippen molar-refractivity contribution in [2.24, 2.45) is 0 Å². The number of hydrogen-bond donors (Lipinski definition) is 2. The number of nitrogens with one attached hydrogen (secondary N) is 1. The predicted octanol–water partition coefficient (Wildman–Crippen LogP) is 3.53. The summed E-state index contributed by atoms with van der Waals surface area (Å²) in [5.74, 6) is -0.196. The average Bonchev–Trinajstić information content (AvgIpc) is 2.65. The van der Waals surface area contributed by atoms with E-state index in [2.05, 4.69) is 10.3 Å². The van der Waals surface area contributed by atoms with Crippen molar-refractivity contribution in [3.8, 4) is 11.1 Å². The number of carbonyl (C=O) groups excluding carboxylic acids is 1. The van der Waals surface area contributed by atoms with Crippen LogP contribution >= 0.6 is 0 Å². The van der Waals surface area contributed by atoms with Crippen LogP contribution in [0.1, 0.15) is 29.4 Å². The highest BCUT2D eigenvalue weighted by molar-refractivity contribution is 6.09. The van der Waals surface area contributed by atoms with Gasteiger partial charge >= 0.3 is 0 Å². The van der Waals surface area contributed by atoms with Gasteiger partial charge in [-0.15, -0.1) is 0 Å². The van der Waals surface area contributed by atoms with Crippen molar-refractivity contribution in [1.29, 1.82) is 0 Å². The molecule has 0 aliphatic carbocycles. The van der Waals surface area contributed by atoms with Gasteiger partial charge in [0.1, 0.15) is 0 Å². The largest absolute Gasteiger partial charge is 0.390 e. The molecule has 0 saturated heterocycles. The first kappa shape index (κ1) is 16.1. The Balaban J connectivity index is 2.32. The van der Waals surface area contributed by atoms with Crippen LogP contribution in [0.25, 0.3) is 22.0 Å². The predicted molar refractivity (Wildman–Crippen MR) is 95.7 cm³/mol. The first-order chi connectivity index (χ1) is 11.8. The topological polar surface area (TPSA) is 62.2 Å². The fourth-order valence-corrected chi connectivity index (χ4v) is 2.85. The first-order valence-corrected chi connectivity index (χ1v) is 8.12. The van der Waals surface area contributed by atoms with Crippen molar-refractivity contribution in [2.45, 2.75) is 20.0 Å². The number of amides is 1. The van der Waals surface area contributed by atoms with Crippen LogP contribution in [0.3, 0.4) is 0 Å². The molecule has 0 radical (unpaired) electrons. The highest BCUT2D eigenvalue weighted by Gasteiger charge is 2.21. The number of benzene rings is 2. The van der Waals surface area contributed by atoms with Gasteiger partial charge in [-0.3, -0.25) is 4.79 Å². The summed E-state index contributed by atoms with van der Waals surface area (Å²) in [5.41, 5.74) is 3.38. The number of aliphatic hydroxyl groups excluding tert-OH is 1. The van der Waals surface area contributed by atoms with Crippen LogP contribution in [0.4, 0.5) is 0 Å². The van der Waals surface area contributed by atoms with Crippen LogP contribution in [0, 0.1) is 0 Å². The molecule has 4 heteroatoms. The van der Waals surface area contributed by atoms with Crippen molar-refractivity contribution in [1.82, 2.24) is 10.3 Å². The van der Waals surface area contributed by atoms with E-state index in [1.807, 2.05) is 61.5 Å². The molecule has 0 atom stereocenters. The van der Waals surface area contributed by atoms with Gasteiger partial charge in [0.2, 0.25) is 0 Å². The van der Waals surface area contributed by atoms with E-state index in [4.69, 9.17) is 0 Å². The standard InChI is InChI=1S/C20H20N2O2/c1-2-12-21-20(24)19-17(13-23)22-16-11-7-6-10-15(16)18(19)14-8-4-3-5-9-14/h3-11,23H,2,12-13H2,1H3,(H,21,24). The zero-order chi connectivity index (χ0) is 16.9. The summed E-state index contributed by atoms with van der Waals surface area (Å²) in [6, 6.07) is 17.5. The quantitative estimate of drug-likeness (QED) is 0.756. The summed E-state index contributed by atoms with van der Waals surface area (Å²) in [5, 5.41) is 13.6. The lowest BCUT2D eigenvalue weighted by Gasteiger charge is -2.16. The summed E-state index contributed by atoms with van der Waals surface area (Å²) in [7, 11) is 0. The minimum Gasteiger partial charge on any atom is -0.390 e. The van der Waals surface area contributed by atoms with E-state index in [0.29, 0.717) is 17.8 Å². The molecule has 0 fully saturated rings. The normalized spacial score (nSPS) is 10.8. The third kappa shape index (κ3) is 3.01. The van der Waals surface area contributed by atoms with E-state index >= 15 is 0 Å². The fourth-order valence-electron chi connectivity index (χ4n) is 2.85. The highest BCUT2D eigenvalue weighted by Crippen LogP contribution is 2.33. The van der Waals surface area contributed by atoms with Gasteiger partial charge in [-0.25, -0.2) is 4.98 Å². The van der Waals surface area contributed by atoms with Gasteiger partial charge in [-0.05, 0) is 18.1 Å². The van der Waals surface area contributed by atoms with Gasteiger partial charge in [0, 0.05) is 17.5 Å². The molecule has 0 spiro atoms. The van der Waals surface area contributed by atoms with Gasteiger partial charge in [0.05, 0.1) is 23.4 Å². The van der Waals surface area contributed by atoms with Gasteiger partial charge < -0.3 is 10.4 Å². The molecule has 122 valence electrons. The maximum atomic E-state index is 12.8. The molecular formula is C20H20N2O2. The molecule has 1 heterocycles. The van der Waals surface area contributed by atoms with Crippen molar-refractivity contribution < 1.29 is 9.90 Å². The number of aliphatic hydroxyl groups is 1. The number of nitrogens with zero attached hydrogens (tertiary/aromatic N) is 1. The smallest absolute Gasteiger partial charge is 0.253 e. The summed E-state index contributed by atoms with van der Waals surface area (Å²) in [4.78, 5) is 17.3. The van der Waals surface area contributed by atoms with Crippen LogP contribution in [0.5, 0.6) is 0 Å². The molecule has 1 aromatic heterocycles. The Kier molecular flexibility index (Phi) is 4.87. The Bertz CT molecular complexity index is 860. The minimum atomic E-state index is -0.278. The van der Waals surface area contributed by atoms with E-state index in [9.17, 15) is 9.90 Å². The number of fused-ring (bicyclic) bond motifs is 1. The summed E-state index contributed by atoms with van der Waals surface area (Å²) >= 11 is 0. The molecule has 2 aromatic carbocycles. The molecule has 0 unspecified atom stereocenters.